The standard InChI is InChI=1S/C10H20N2O2/c1-11-7-2-4-9(14)12-10(8-13)5-3-6-10/h11,13H,2-8H2,1H3,(H,12,14). The molecule has 0 spiro atoms. The zero-order valence-electron chi connectivity index (χ0n) is 8.81. The second kappa shape index (κ2) is 5.32. The molecule has 4 heteroatoms. The Kier molecular flexibility index (Phi) is 4.35. The lowest BCUT2D eigenvalue weighted by Crippen LogP contribution is -2.56. The van der Waals surface area contributed by atoms with Crippen LogP contribution in [0.2, 0.25) is 0 Å². The molecular weight excluding hydrogens is 180 g/mol. The lowest BCUT2D eigenvalue weighted by Gasteiger charge is -2.41. The van der Waals surface area contributed by atoms with Crippen molar-refractivity contribution in [2.45, 2.75) is 37.6 Å². The maximum Gasteiger partial charge on any atom is 0.220 e. The molecule has 1 rings (SSSR count). The van der Waals surface area contributed by atoms with Crippen molar-refractivity contribution in [3.05, 3.63) is 0 Å². The van der Waals surface area contributed by atoms with Gasteiger partial charge >= 0.3 is 0 Å². The second-order valence-corrected chi connectivity index (χ2v) is 4.05. The second-order valence-electron chi connectivity index (χ2n) is 4.05. The summed E-state index contributed by atoms with van der Waals surface area (Å²) in [6, 6.07) is 0. The number of nitrogens with one attached hydrogen (secondary N) is 2. The molecule has 0 aliphatic heterocycles. The summed E-state index contributed by atoms with van der Waals surface area (Å²) < 4.78 is 0. The average molecular weight is 200 g/mol. The highest BCUT2D eigenvalue weighted by Gasteiger charge is 2.37. The van der Waals surface area contributed by atoms with Crippen LogP contribution in [0.5, 0.6) is 0 Å². The molecule has 3 N–H and O–H groups in total. The van der Waals surface area contributed by atoms with Crippen molar-refractivity contribution in [1.82, 2.24) is 10.6 Å². The largest absolute Gasteiger partial charge is 0.394 e. The van der Waals surface area contributed by atoms with E-state index in [1.807, 2.05) is 7.05 Å². The lowest BCUT2D eigenvalue weighted by atomic mass is 9.77. The summed E-state index contributed by atoms with van der Waals surface area (Å²) in [5.74, 6) is 0.0639. The molecule has 1 amide bonds. The highest BCUT2D eigenvalue weighted by Crippen LogP contribution is 2.31. The Bertz CT molecular complexity index is 185. The number of aliphatic hydroxyl groups excluding tert-OH is 1. The summed E-state index contributed by atoms with van der Waals surface area (Å²) in [5, 5.41) is 15.1. The third-order valence-electron chi connectivity index (χ3n) is 2.85. The molecule has 1 saturated carbocycles. The van der Waals surface area contributed by atoms with Gasteiger partial charge in [0.05, 0.1) is 12.1 Å². The lowest BCUT2D eigenvalue weighted by molar-refractivity contribution is -0.125. The molecule has 0 saturated heterocycles. The van der Waals surface area contributed by atoms with Crippen LogP contribution in [0.1, 0.15) is 32.1 Å². The van der Waals surface area contributed by atoms with Crippen LogP contribution >= 0.6 is 0 Å². The number of carbonyl (C=O) groups is 1. The maximum absolute atomic E-state index is 11.4. The SMILES string of the molecule is CNCCCC(=O)NC1(CO)CCC1. The van der Waals surface area contributed by atoms with Crippen molar-refractivity contribution in [1.29, 1.82) is 0 Å². The van der Waals surface area contributed by atoms with Crippen molar-refractivity contribution >= 4 is 5.91 Å². The third kappa shape index (κ3) is 2.96. The molecule has 1 fully saturated rings. The van der Waals surface area contributed by atoms with Gasteiger partial charge in [-0.3, -0.25) is 4.79 Å². The fourth-order valence-electron chi connectivity index (χ4n) is 1.71. The van der Waals surface area contributed by atoms with Gasteiger partial charge < -0.3 is 15.7 Å². The van der Waals surface area contributed by atoms with Gasteiger partial charge in [-0.25, -0.2) is 0 Å². The number of rotatable bonds is 6. The first-order valence-electron chi connectivity index (χ1n) is 5.29. The number of hydrogen-bond acceptors (Lipinski definition) is 3. The van der Waals surface area contributed by atoms with E-state index in [4.69, 9.17) is 5.11 Å². The summed E-state index contributed by atoms with van der Waals surface area (Å²) in [6.07, 6.45) is 4.34. The predicted octanol–water partition coefficient (Wildman–Crippen LogP) is 0.0172. The van der Waals surface area contributed by atoms with Gasteiger partial charge in [-0.15, -0.1) is 0 Å². The summed E-state index contributed by atoms with van der Waals surface area (Å²) in [4.78, 5) is 11.4. The van der Waals surface area contributed by atoms with E-state index >= 15 is 0 Å². The first-order valence-corrected chi connectivity index (χ1v) is 5.29. The quantitative estimate of drug-likeness (QED) is 0.530. The van der Waals surface area contributed by atoms with Crippen LogP contribution in [0, 0.1) is 0 Å². The van der Waals surface area contributed by atoms with Crippen molar-refractivity contribution in [3.63, 3.8) is 0 Å². The zero-order chi connectivity index (χ0) is 10.4. The van der Waals surface area contributed by atoms with Crippen LogP contribution in [-0.4, -0.2) is 36.8 Å². The third-order valence-corrected chi connectivity index (χ3v) is 2.85. The monoisotopic (exact) mass is 200 g/mol. The van der Waals surface area contributed by atoms with Crippen LogP contribution in [-0.2, 0) is 4.79 Å². The fraction of sp³-hybridized carbons (Fsp3) is 0.900. The van der Waals surface area contributed by atoms with E-state index in [1.165, 1.54) is 0 Å². The normalized spacial score (nSPS) is 18.7. The molecule has 0 heterocycles. The molecule has 0 radical (unpaired) electrons. The van der Waals surface area contributed by atoms with E-state index < -0.39 is 0 Å². The summed E-state index contributed by atoms with van der Waals surface area (Å²) in [6.45, 7) is 0.935. The van der Waals surface area contributed by atoms with Gasteiger partial charge in [0.25, 0.3) is 0 Å². The number of amides is 1. The average Bonchev–Trinajstić information content (AvgIpc) is 2.12. The van der Waals surface area contributed by atoms with Gasteiger partial charge in [0.1, 0.15) is 0 Å². The van der Waals surface area contributed by atoms with Crippen LogP contribution in [0.3, 0.4) is 0 Å². The molecule has 0 aromatic rings. The van der Waals surface area contributed by atoms with Crippen LogP contribution in [0.15, 0.2) is 0 Å². The minimum Gasteiger partial charge on any atom is -0.394 e. The summed E-state index contributed by atoms with van der Waals surface area (Å²) >= 11 is 0. The van der Waals surface area contributed by atoms with E-state index in [9.17, 15) is 4.79 Å². The van der Waals surface area contributed by atoms with E-state index in [0.717, 1.165) is 32.2 Å². The van der Waals surface area contributed by atoms with Gasteiger partial charge in [0.15, 0.2) is 0 Å². The van der Waals surface area contributed by atoms with Gasteiger partial charge in [0, 0.05) is 6.42 Å². The topological polar surface area (TPSA) is 61.4 Å². The Hall–Kier alpha value is -0.610. The molecule has 0 unspecified atom stereocenters. The number of aliphatic hydroxyl groups is 1. The van der Waals surface area contributed by atoms with E-state index in [2.05, 4.69) is 10.6 Å². The zero-order valence-corrected chi connectivity index (χ0v) is 8.81. The Morgan fingerprint density at radius 2 is 2.21 bits per heavy atom. The minimum absolute atomic E-state index is 0.0639. The Labute approximate surface area is 85.1 Å². The van der Waals surface area contributed by atoms with E-state index in [1.54, 1.807) is 0 Å². The molecule has 1 aliphatic carbocycles. The molecule has 0 bridgehead atoms. The molecule has 0 atom stereocenters. The van der Waals surface area contributed by atoms with Gasteiger partial charge in [-0.05, 0) is 39.3 Å². The van der Waals surface area contributed by atoms with Crippen molar-refractivity contribution in [2.75, 3.05) is 20.2 Å². The van der Waals surface area contributed by atoms with Crippen molar-refractivity contribution in [3.8, 4) is 0 Å². The minimum atomic E-state index is -0.281. The molecular formula is C10H20N2O2. The summed E-state index contributed by atoms with van der Waals surface area (Å²) in [5.41, 5.74) is -0.281. The van der Waals surface area contributed by atoms with Crippen molar-refractivity contribution in [2.24, 2.45) is 0 Å². The van der Waals surface area contributed by atoms with Gasteiger partial charge in [-0.1, -0.05) is 0 Å². The highest BCUT2D eigenvalue weighted by molar-refractivity contribution is 5.76. The maximum atomic E-state index is 11.4. The van der Waals surface area contributed by atoms with Crippen LogP contribution in [0.25, 0.3) is 0 Å². The highest BCUT2D eigenvalue weighted by atomic mass is 16.3. The first-order chi connectivity index (χ1) is 6.72. The molecule has 14 heavy (non-hydrogen) atoms. The Balaban J connectivity index is 2.18. The fourth-order valence-corrected chi connectivity index (χ4v) is 1.71. The smallest absolute Gasteiger partial charge is 0.220 e. The first kappa shape index (κ1) is 11.5. The Morgan fingerprint density at radius 1 is 1.50 bits per heavy atom. The van der Waals surface area contributed by atoms with Crippen molar-refractivity contribution < 1.29 is 9.90 Å². The summed E-state index contributed by atoms with van der Waals surface area (Å²) in [7, 11) is 1.87. The van der Waals surface area contributed by atoms with Gasteiger partial charge in [-0.2, -0.15) is 0 Å². The van der Waals surface area contributed by atoms with Gasteiger partial charge in [0.2, 0.25) is 5.91 Å². The predicted molar refractivity (Wildman–Crippen MR) is 55.0 cm³/mol. The van der Waals surface area contributed by atoms with E-state index in [0.29, 0.717) is 6.42 Å². The molecule has 0 aromatic heterocycles. The molecule has 4 nitrogen and oxygen atoms in total. The Morgan fingerprint density at radius 3 is 2.64 bits per heavy atom. The van der Waals surface area contributed by atoms with Crippen LogP contribution in [0.4, 0.5) is 0 Å². The van der Waals surface area contributed by atoms with E-state index in [-0.39, 0.29) is 18.1 Å². The molecule has 0 aromatic carbocycles. The molecule has 82 valence electrons. The number of hydrogen-bond donors (Lipinski definition) is 3. The number of carbonyl (C=O) groups excluding carboxylic acids is 1. The van der Waals surface area contributed by atoms with Crippen LogP contribution < -0.4 is 10.6 Å². The molecule has 1 aliphatic rings.